The molecule has 0 aliphatic carbocycles. The summed E-state index contributed by atoms with van der Waals surface area (Å²) in [5, 5.41) is 6.91. The second-order valence-electron chi connectivity index (χ2n) is 6.82. The van der Waals surface area contributed by atoms with E-state index in [4.69, 9.17) is 14.0 Å². The Balaban J connectivity index is 1.49. The van der Waals surface area contributed by atoms with E-state index in [1.165, 1.54) is 0 Å². The van der Waals surface area contributed by atoms with Gasteiger partial charge in [0.25, 0.3) is 11.8 Å². The third-order valence-electron chi connectivity index (χ3n) is 4.60. The van der Waals surface area contributed by atoms with Gasteiger partial charge >= 0.3 is 0 Å². The van der Waals surface area contributed by atoms with E-state index in [1.807, 2.05) is 61.5 Å². The molecule has 0 radical (unpaired) electrons. The molecule has 0 atom stereocenters. The van der Waals surface area contributed by atoms with Crippen LogP contribution in [0.3, 0.4) is 0 Å². The van der Waals surface area contributed by atoms with Crippen molar-refractivity contribution in [2.24, 2.45) is 0 Å². The van der Waals surface area contributed by atoms with E-state index in [2.05, 4.69) is 15.5 Å². The van der Waals surface area contributed by atoms with Crippen LogP contribution in [0.1, 0.15) is 5.56 Å². The SMILES string of the molecule is COc1ccccc1OCC(=O)Nc1ccccc1-c1nc(-c2ccc(C)cc2)no1. The summed E-state index contributed by atoms with van der Waals surface area (Å²) in [4.78, 5) is 17.0. The summed E-state index contributed by atoms with van der Waals surface area (Å²) in [5.74, 6) is 1.53. The first-order valence-corrected chi connectivity index (χ1v) is 9.70. The minimum atomic E-state index is -0.323. The molecule has 4 rings (SSSR count). The first-order valence-electron chi connectivity index (χ1n) is 9.70. The minimum Gasteiger partial charge on any atom is -0.493 e. The van der Waals surface area contributed by atoms with Crippen molar-refractivity contribution in [3.63, 3.8) is 0 Å². The Labute approximate surface area is 179 Å². The summed E-state index contributed by atoms with van der Waals surface area (Å²) in [6.07, 6.45) is 0. The largest absolute Gasteiger partial charge is 0.493 e. The van der Waals surface area contributed by atoms with Crippen molar-refractivity contribution in [1.29, 1.82) is 0 Å². The molecule has 0 bridgehead atoms. The Morgan fingerprint density at radius 2 is 1.68 bits per heavy atom. The zero-order valence-electron chi connectivity index (χ0n) is 17.2. The molecule has 0 saturated heterocycles. The van der Waals surface area contributed by atoms with E-state index in [9.17, 15) is 4.79 Å². The number of carbonyl (C=O) groups excluding carboxylic acids is 1. The van der Waals surface area contributed by atoms with Gasteiger partial charge in [-0.05, 0) is 31.2 Å². The summed E-state index contributed by atoms with van der Waals surface area (Å²) in [6, 6.07) is 22.2. The van der Waals surface area contributed by atoms with Crippen LogP contribution in [-0.4, -0.2) is 29.8 Å². The number of anilines is 1. The zero-order valence-corrected chi connectivity index (χ0v) is 17.2. The second kappa shape index (κ2) is 9.13. The van der Waals surface area contributed by atoms with Crippen LogP contribution in [-0.2, 0) is 4.79 Å². The molecular weight excluding hydrogens is 394 g/mol. The fraction of sp³-hybridized carbons (Fsp3) is 0.125. The molecule has 0 saturated carbocycles. The number of methoxy groups -OCH3 is 1. The lowest BCUT2D eigenvalue weighted by Gasteiger charge is -2.11. The molecule has 31 heavy (non-hydrogen) atoms. The van der Waals surface area contributed by atoms with Gasteiger partial charge in [0.05, 0.1) is 18.4 Å². The Morgan fingerprint density at radius 3 is 2.45 bits per heavy atom. The minimum absolute atomic E-state index is 0.173. The molecule has 1 N–H and O–H groups in total. The molecule has 7 heteroatoms. The molecule has 1 heterocycles. The summed E-state index contributed by atoms with van der Waals surface area (Å²) < 4.78 is 16.3. The summed E-state index contributed by atoms with van der Waals surface area (Å²) >= 11 is 0. The maximum atomic E-state index is 12.5. The van der Waals surface area contributed by atoms with Crippen LogP contribution in [0, 0.1) is 6.92 Å². The average molecular weight is 415 g/mol. The molecule has 4 aromatic rings. The average Bonchev–Trinajstić information content (AvgIpc) is 3.29. The number of ether oxygens (including phenoxy) is 2. The first-order chi connectivity index (χ1) is 15.1. The molecule has 0 aliphatic heterocycles. The Kier molecular flexibility index (Phi) is 5.93. The number of carbonyl (C=O) groups is 1. The van der Waals surface area contributed by atoms with E-state index in [-0.39, 0.29) is 12.5 Å². The van der Waals surface area contributed by atoms with Crippen LogP contribution < -0.4 is 14.8 Å². The number of nitrogens with one attached hydrogen (secondary N) is 1. The number of hydrogen-bond acceptors (Lipinski definition) is 6. The van der Waals surface area contributed by atoms with Crippen LogP contribution in [0.5, 0.6) is 11.5 Å². The molecule has 0 fully saturated rings. The van der Waals surface area contributed by atoms with Gasteiger partial charge in [-0.2, -0.15) is 4.98 Å². The fourth-order valence-corrected chi connectivity index (χ4v) is 3.00. The van der Waals surface area contributed by atoms with Crippen molar-refractivity contribution < 1.29 is 18.8 Å². The third kappa shape index (κ3) is 4.72. The van der Waals surface area contributed by atoms with Crippen molar-refractivity contribution >= 4 is 11.6 Å². The lowest BCUT2D eigenvalue weighted by molar-refractivity contribution is -0.118. The number of aryl methyl sites for hydroxylation is 1. The number of para-hydroxylation sites is 3. The van der Waals surface area contributed by atoms with E-state index in [0.717, 1.165) is 11.1 Å². The second-order valence-corrected chi connectivity index (χ2v) is 6.82. The lowest BCUT2D eigenvalue weighted by atomic mass is 10.1. The van der Waals surface area contributed by atoms with Crippen molar-refractivity contribution in [3.8, 4) is 34.3 Å². The molecule has 0 spiro atoms. The van der Waals surface area contributed by atoms with E-state index < -0.39 is 0 Å². The third-order valence-corrected chi connectivity index (χ3v) is 4.60. The van der Waals surface area contributed by atoms with Gasteiger partial charge in [0.1, 0.15) is 0 Å². The number of rotatable bonds is 7. The maximum absolute atomic E-state index is 12.5. The molecule has 156 valence electrons. The fourth-order valence-electron chi connectivity index (χ4n) is 3.00. The van der Waals surface area contributed by atoms with Gasteiger partial charge in [-0.15, -0.1) is 0 Å². The molecule has 1 aromatic heterocycles. The van der Waals surface area contributed by atoms with Crippen molar-refractivity contribution in [3.05, 3.63) is 78.4 Å². The number of hydrogen-bond donors (Lipinski definition) is 1. The van der Waals surface area contributed by atoms with E-state index in [1.54, 1.807) is 25.3 Å². The number of aromatic nitrogens is 2. The molecule has 3 aromatic carbocycles. The summed E-state index contributed by atoms with van der Waals surface area (Å²) in [7, 11) is 1.55. The monoisotopic (exact) mass is 415 g/mol. The van der Waals surface area contributed by atoms with Gasteiger partial charge in [-0.3, -0.25) is 4.79 Å². The predicted octanol–water partition coefficient (Wildman–Crippen LogP) is 4.74. The predicted molar refractivity (Wildman–Crippen MR) is 117 cm³/mol. The summed E-state index contributed by atoms with van der Waals surface area (Å²) in [6.45, 7) is 1.84. The van der Waals surface area contributed by atoms with Crippen LogP contribution in [0.15, 0.2) is 77.3 Å². The van der Waals surface area contributed by atoms with Crippen molar-refractivity contribution in [2.75, 3.05) is 19.0 Å². The molecule has 0 aliphatic rings. The Bertz CT molecular complexity index is 1190. The van der Waals surface area contributed by atoms with Crippen LogP contribution in [0.2, 0.25) is 0 Å². The van der Waals surface area contributed by atoms with Gasteiger partial charge in [0.15, 0.2) is 18.1 Å². The van der Waals surface area contributed by atoms with Crippen molar-refractivity contribution in [1.82, 2.24) is 10.1 Å². The summed E-state index contributed by atoms with van der Waals surface area (Å²) in [5.41, 5.74) is 3.18. The van der Waals surface area contributed by atoms with Gasteiger partial charge in [0, 0.05) is 5.56 Å². The topological polar surface area (TPSA) is 86.5 Å². The normalized spacial score (nSPS) is 10.5. The number of benzene rings is 3. The highest BCUT2D eigenvalue weighted by Crippen LogP contribution is 2.29. The van der Waals surface area contributed by atoms with E-state index >= 15 is 0 Å². The van der Waals surface area contributed by atoms with Gasteiger partial charge in [-0.1, -0.05) is 59.3 Å². The first kappa shape index (κ1) is 20.2. The Morgan fingerprint density at radius 1 is 0.968 bits per heavy atom. The number of nitrogens with zero attached hydrogens (tertiary/aromatic N) is 2. The maximum Gasteiger partial charge on any atom is 0.262 e. The van der Waals surface area contributed by atoms with Crippen LogP contribution >= 0.6 is 0 Å². The lowest BCUT2D eigenvalue weighted by Crippen LogP contribution is -2.20. The smallest absolute Gasteiger partial charge is 0.262 e. The van der Waals surface area contributed by atoms with Crippen LogP contribution in [0.25, 0.3) is 22.8 Å². The Hall–Kier alpha value is -4.13. The standard InChI is InChI=1S/C24H21N3O4/c1-16-11-13-17(14-12-16)23-26-24(31-27-23)18-7-3-4-8-19(18)25-22(28)15-30-21-10-6-5-9-20(21)29-2/h3-14H,15H2,1-2H3,(H,25,28). The molecule has 1 amide bonds. The van der Waals surface area contributed by atoms with Gasteiger partial charge in [0.2, 0.25) is 5.82 Å². The quantitative estimate of drug-likeness (QED) is 0.469. The van der Waals surface area contributed by atoms with Crippen molar-refractivity contribution in [2.45, 2.75) is 6.92 Å². The van der Waals surface area contributed by atoms with Gasteiger partial charge in [-0.25, -0.2) is 0 Å². The molecular formula is C24H21N3O4. The highest BCUT2D eigenvalue weighted by atomic mass is 16.5. The van der Waals surface area contributed by atoms with Crippen LogP contribution in [0.4, 0.5) is 5.69 Å². The highest BCUT2D eigenvalue weighted by molar-refractivity contribution is 5.95. The molecule has 0 unspecified atom stereocenters. The van der Waals surface area contributed by atoms with Gasteiger partial charge < -0.3 is 19.3 Å². The highest BCUT2D eigenvalue weighted by Gasteiger charge is 2.16. The molecule has 7 nitrogen and oxygen atoms in total. The zero-order chi connectivity index (χ0) is 21.6. The number of amides is 1. The van der Waals surface area contributed by atoms with E-state index in [0.29, 0.717) is 34.5 Å².